The Labute approximate surface area is 121 Å². The maximum absolute atomic E-state index is 12.5. The topological polar surface area (TPSA) is 60.9 Å². The van der Waals surface area contributed by atoms with E-state index in [0.717, 1.165) is 12.0 Å². The highest BCUT2D eigenvalue weighted by atomic mass is 16.4. The summed E-state index contributed by atoms with van der Waals surface area (Å²) in [5, 5.41) is 9.46. The van der Waals surface area contributed by atoms with Crippen LogP contribution in [0.2, 0.25) is 0 Å². The molecule has 0 radical (unpaired) electrons. The number of carboxylic acid groups (broad SMARTS) is 1. The quantitative estimate of drug-likeness (QED) is 0.788. The molecular formula is C15H26N2O3. The Morgan fingerprint density at radius 3 is 2.50 bits per heavy atom. The van der Waals surface area contributed by atoms with Gasteiger partial charge in [-0.1, -0.05) is 19.1 Å². The zero-order valence-corrected chi connectivity index (χ0v) is 12.8. The Kier molecular flexibility index (Phi) is 5.60. The van der Waals surface area contributed by atoms with Gasteiger partial charge in [-0.2, -0.15) is 0 Å². The van der Waals surface area contributed by atoms with Gasteiger partial charge in [0.05, 0.1) is 5.41 Å². The summed E-state index contributed by atoms with van der Waals surface area (Å²) in [4.78, 5) is 27.4. The molecule has 1 aliphatic rings. The average molecular weight is 282 g/mol. The van der Waals surface area contributed by atoms with E-state index in [9.17, 15) is 14.7 Å². The largest absolute Gasteiger partial charge is 0.481 e. The highest BCUT2D eigenvalue weighted by Crippen LogP contribution is 2.34. The third-order valence-corrected chi connectivity index (χ3v) is 4.09. The molecular weight excluding hydrogens is 256 g/mol. The maximum Gasteiger partial charge on any atom is 0.320 e. The number of hydrogen-bond acceptors (Lipinski definition) is 2. The summed E-state index contributed by atoms with van der Waals surface area (Å²) in [5.74, 6) is -0.791. The fourth-order valence-electron chi connectivity index (χ4n) is 2.75. The van der Waals surface area contributed by atoms with Gasteiger partial charge >= 0.3 is 12.0 Å². The van der Waals surface area contributed by atoms with Crippen LogP contribution in [0.3, 0.4) is 0 Å². The monoisotopic (exact) mass is 282 g/mol. The molecule has 1 heterocycles. The Bertz CT molecular complexity index is 395. The molecule has 1 unspecified atom stereocenters. The van der Waals surface area contributed by atoms with Crippen LogP contribution in [0.5, 0.6) is 0 Å². The Balaban J connectivity index is 2.82. The lowest BCUT2D eigenvalue weighted by Crippen LogP contribution is -2.53. The molecule has 1 rings (SSSR count). The Morgan fingerprint density at radius 2 is 2.05 bits per heavy atom. The van der Waals surface area contributed by atoms with E-state index < -0.39 is 11.4 Å². The molecule has 0 bridgehead atoms. The number of rotatable bonds is 5. The second-order valence-corrected chi connectivity index (χ2v) is 5.72. The number of aliphatic carboxylic acids is 1. The van der Waals surface area contributed by atoms with Gasteiger partial charge < -0.3 is 14.9 Å². The van der Waals surface area contributed by atoms with Gasteiger partial charge in [0.15, 0.2) is 0 Å². The molecule has 114 valence electrons. The lowest BCUT2D eigenvalue weighted by molar-refractivity contribution is -0.152. The first-order valence-corrected chi connectivity index (χ1v) is 7.28. The number of urea groups is 1. The third kappa shape index (κ3) is 3.52. The molecule has 1 atom stereocenters. The number of likely N-dealkylation sites (tertiary alicyclic amines) is 1. The van der Waals surface area contributed by atoms with E-state index in [4.69, 9.17) is 0 Å². The molecule has 1 saturated heterocycles. The number of hydrogen-bond donors (Lipinski definition) is 1. The highest BCUT2D eigenvalue weighted by molar-refractivity contribution is 5.79. The number of carbonyl (C=O) groups is 2. The van der Waals surface area contributed by atoms with Crippen molar-refractivity contribution in [3.8, 4) is 0 Å². The maximum atomic E-state index is 12.5. The van der Waals surface area contributed by atoms with Gasteiger partial charge in [0.25, 0.3) is 0 Å². The molecule has 0 aromatic rings. The summed E-state index contributed by atoms with van der Waals surface area (Å²) in [5.41, 5.74) is 0.147. The molecule has 0 aromatic heterocycles. The molecule has 1 N–H and O–H groups in total. The van der Waals surface area contributed by atoms with E-state index in [1.807, 2.05) is 20.8 Å². The number of carboxylic acids is 1. The van der Waals surface area contributed by atoms with E-state index in [-0.39, 0.29) is 6.03 Å². The molecule has 1 aliphatic heterocycles. The molecule has 1 fully saturated rings. The van der Waals surface area contributed by atoms with Crippen molar-refractivity contribution in [2.45, 2.75) is 40.0 Å². The van der Waals surface area contributed by atoms with Crippen LogP contribution in [0.15, 0.2) is 12.2 Å². The van der Waals surface area contributed by atoms with Crippen LogP contribution < -0.4 is 0 Å². The molecule has 20 heavy (non-hydrogen) atoms. The Morgan fingerprint density at radius 1 is 1.40 bits per heavy atom. The van der Waals surface area contributed by atoms with E-state index in [2.05, 4.69) is 6.58 Å². The summed E-state index contributed by atoms with van der Waals surface area (Å²) in [6, 6.07) is -0.0747. The summed E-state index contributed by atoms with van der Waals surface area (Å²) in [6.45, 7) is 11.6. The highest BCUT2D eigenvalue weighted by Gasteiger charge is 2.42. The molecule has 0 aliphatic carbocycles. The van der Waals surface area contributed by atoms with E-state index >= 15 is 0 Å². The van der Waals surface area contributed by atoms with E-state index in [1.165, 1.54) is 0 Å². The molecule has 0 aromatic carbocycles. The van der Waals surface area contributed by atoms with Crippen molar-refractivity contribution in [3.63, 3.8) is 0 Å². The number of carbonyl (C=O) groups excluding carboxylic acids is 1. The first kappa shape index (κ1) is 16.5. The van der Waals surface area contributed by atoms with Crippen LogP contribution in [0.4, 0.5) is 4.79 Å². The van der Waals surface area contributed by atoms with Crippen LogP contribution in [0.1, 0.15) is 40.0 Å². The lowest BCUT2D eigenvalue weighted by atomic mass is 9.78. The summed E-state index contributed by atoms with van der Waals surface area (Å²) in [6.07, 6.45) is 1.95. The van der Waals surface area contributed by atoms with Crippen molar-refractivity contribution in [2.24, 2.45) is 5.41 Å². The molecule has 5 nitrogen and oxygen atoms in total. The zero-order chi connectivity index (χ0) is 15.3. The van der Waals surface area contributed by atoms with Crippen LogP contribution in [-0.2, 0) is 4.79 Å². The van der Waals surface area contributed by atoms with Crippen molar-refractivity contribution in [1.82, 2.24) is 9.80 Å². The van der Waals surface area contributed by atoms with Gasteiger partial charge in [-0.05, 0) is 33.1 Å². The van der Waals surface area contributed by atoms with Crippen LogP contribution >= 0.6 is 0 Å². The average Bonchev–Trinajstić information content (AvgIpc) is 2.43. The molecule has 0 saturated carbocycles. The van der Waals surface area contributed by atoms with Crippen molar-refractivity contribution in [2.75, 3.05) is 26.2 Å². The van der Waals surface area contributed by atoms with E-state index in [0.29, 0.717) is 39.0 Å². The van der Waals surface area contributed by atoms with E-state index in [1.54, 1.807) is 9.80 Å². The lowest BCUT2D eigenvalue weighted by Gasteiger charge is -2.41. The fourth-order valence-corrected chi connectivity index (χ4v) is 2.75. The second kappa shape index (κ2) is 6.77. The van der Waals surface area contributed by atoms with Crippen molar-refractivity contribution < 1.29 is 14.7 Å². The van der Waals surface area contributed by atoms with Gasteiger partial charge in [-0.15, -0.1) is 0 Å². The number of nitrogens with zero attached hydrogens (tertiary/aromatic N) is 2. The third-order valence-electron chi connectivity index (χ3n) is 4.09. The smallest absolute Gasteiger partial charge is 0.320 e. The molecule has 5 heteroatoms. The fraction of sp³-hybridized carbons (Fsp3) is 0.733. The SMILES string of the molecule is C=C(C)CN(CC)C(=O)N1CCCC(CC)(C(=O)O)C1. The number of likely N-dealkylation sites (N-methyl/N-ethyl adjacent to an activating group) is 1. The second-order valence-electron chi connectivity index (χ2n) is 5.72. The zero-order valence-electron chi connectivity index (χ0n) is 12.8. The summed E-state index contributed by atoms with van der Waals surface area (Å²) in [7, 11) is 0. The van der Waals surface area contributed by atoms with Gasteiger partial charge in [0, 0.05) is 26.2 Å². The summed E-state index contributed by atoms with van der Waals surface area (Å²) >= 11 is 0. The van der Waals surface area contributed by atoms with Crippen LogP contribution in [0.25, 0.3) is 0 Å². The minimum atomic E-state index is -0.791. The van der Waals surface area contributed by atoms with Gasteiger partial charge in [0.2, 0.25) is 0 Å². The molecule has 2 amide bonds. The van der Waals surface area contributed by atoms with Crippen LogP contribution in [-0.4, -0.2) is 53.1 Å². The minimum absolute atomic E-state index is 0.0747. The first-order chi connectivity index (χ1) is 9.36. The predicted octanol–water partition coefficient (Wildman–Crippen LogP) is 2.58. The minimum Gasteiger partial charge on any atom is -0.481 e. The number of amides is 2. The van der Waals surface area contributed by atoms with Crippen LogP contribution in [0, 0.1) is 5.41 Å². The Hall–Kier alpha value is -1.52. The van der Waals surface area contributed by atoms with Gasteiger partial charge in [-0.3, -0.25) is 4.79 Å². The number of piperidine rings is 1. The normalized spacial score (nSPS) is 22.4. The van der Waals surface area contributed by atoms with Crippen molar-refractivity contribution in [1.29, 1.82) is 0 Å². The van der Waals surface area contributed by atoms with Gasteiger partial charge in [0.1, 0.15) is 0 Å². The summed E-state index contributed by atoms with van der Waals surface area (Å²) < 4.78 is 0. The first-order valence-electron chi connectivity index (χ1n) is 7.28. The van der Waals surface area contributed by atoms with Gasteiger partial charge in [-0.25, -0.2) is 4.79 Å². The van der Waals surface area contributed by atoms with Crippen molar-refractivity contribution >= 4 is 12.0 Å². The standard InChI is InChI=1S/C15H26N2O3/c1-5-15(13(18)19)8-7-9-17(11-15)14(20)16(6-2)10-12(3)4/h3,5-11H2,1-2,4H3,(H,18,19). The molecule has 0 spiro atoms. The predicted molar refractivity (Wildman–Crippen MR) is 78.6 cm³/mol. The van der Waals surface area contributed by atoms with Crippen molar-refractivity contribution in [3.05, 3.63) is 12.2 Å².